The van der Waals surface area contributed by atoms with E-state index >= 15 is 0 Å². The lowest BCUT2D eigenvalue weighted by Crippen LogP contribution is -2.14. The fourth-order valence-corrected chi connectivity index (χ4v) is 3.26. The first-order valence-electron chi connectivity index (χ1n) is 7.56. The lowest BCUT2D eigenvalue weighted by molar-refractivity contribution is 0.102. The maximum Gasteiger partial charge on any atom is 0.259 e. The van der Waals surface area contributed by atoms with Gasteiger partial charge in [0.15, 0.2) is 0 Å². The molecule has 0 aliphatic carbocycles. The van der Waals surface area contributed by atoms with E-state index in [1.807, 2.05) is 6.07 Å². The molecule has 4 rings (SSSR count). The molecule has 0 spiro atoms. The highest BCUT2D eigenvalue weighted by Gasteiger charge is 2.12. The highest BCUT2D eigenvalue weighted by Crippen LogP contribution is 2.31. The van der Waals surface area contributed by atoms with E-state index in [1.54, 1.807) is 30.5 Å². The van der Waals surface area contributed by atoms with Gasteiger partial charge in [-0.15, -0.1) is 0 Å². The minimum Gasteiger partial charge on any atom is -0.306 e. The van der Waals surface area contributed by atoms with Crippen molar-refractivity contribution >= 4 is 46.1 Å². The maximum absolute atomic E-state index is 13.7. The fraction of sp³-hybridized carbons (Fsp3) is 0. The number of benzene rings is 2. The lowest BCUT2D eigenvalue weighted by atomic mass is 10.1. The van der Waals surface area contributed by atoms with E-state index in [4.69, 9.17) is 11.6 Å². The summed E-state index contributed by atoms with van der Waals surface area (Å²) < 4.78 is 22.0. The molecule has 128 valence electrons. The molecule has 26 heavy (non-hydrogen) atoms. The number of fused-ring (bicyclic) bond motifs is 1. The summed E-state index contributed by atoms with van der Waals surface area (Å²) in [5, 5.41) is 3.11. The maximum atomic E-state index is 13.7. The van der Waals surface area contributed by atoms with Crippen LogP contribution in [-0.2, 0) is 0 Å². The average Bonchev–Trinajstić information content (AvgIpc) is 3.09. The molecule has 1 N–H and O–H groups in total. The second-order valence-corrected chi connectivity index (χ2v) is 6.39. The van der Waals surface area contributed by atoms with Crippen molar-refractivity contribution in [2.45, 2.75) is 0 Å². The van der Waals surface area contributed by atoms with Gasteiger partial charge in [0.1, 0.15) is 22.7 Å². The van der Waals surface area contributed by atoms with Crippen LogP contribution in [0.5, 0.6) is 0 Å². The van der Waals surface area contributed by atoms with E-state index in [0.29, 0.717) is 10.8 Å². The second kappa shape index (κ2) is 6.78. The SMILES string of the molecule is O=C(Nc1ccc(-c2cc3nsnc3cc2Cl)cn1)c1ccccc1F. The Labute approximate surface area is 156 Å². The van der Waals surface area contributed by atoms with Crippen molar-refractivity contribution in [2.75, 3.05) is 5.32 Å². The van der Waals surface area contributed by atoms with Crippen molar-refractivity contribution in [3.05, 3.63) is 71.1 Å². The van der Waals surface area contributed by atoms with E-state index in [2.05, 4.69) is 19.0 Å². The van der Waals surface area contributed by atoms with Crippen molar-refractivity contribution in [3.8, 4) is 11.1 Å². The predicted octanol–water partition coefficient (Wildman–Crippen LogP) is 4.80. The van der Waals surface area contributed by atoms with Crippen LogP contribution in [0.1, 0.15) is 10.4 Å². The number of halogens is 2. The smallest absolute Gasteiger partial charge is 0.259 e. The van der Waals surface area contributed by atoms with Gasteiger partial charge in [0.05, 0.1) is 22.3 Å². The molecule has 0 unspecified atom stereocenters. The second-order valence-electron chi connectivity index (χ2n) is 5.45. The van der Waals surface area contributed by atoms with Crippen LogP contribution in [0.2, 0.25) is 5.02 Å². The predicted molar refractivity (Wildman–Crippen MR) is 100 cm³/mol. The Morgan fingerprint density at radius 3 is 2.58 bits per heavy atom. The number of carbonyl (C=O) groups is 1. The molecule has 0 aliphatic rings. The molecule has 2 heterocycles. The van der Waals surface area contributed by atoms with Gasteiger partial charge in [-0.1, -0.05) is 23.7 Å². The number of nitrogens with zero attached hydrogens (tertiary/aromatic N) is 3. The molecule has 8 heteroatoms. The average molecular weight is 385 g/mol. The fourth-order valence-electron chi connectivity index (χ4n) is 2.48. The molecule has 4 aromatic rings. The Morgan fingerprint density at radius 2 is 1.85 bits per heavy atom. The van der Waals surface area contributed by atoms with Crippen LogP contribution in [0.15, 0.2) is 54.7 Å². The van der Waals surface area contributed by atoms with Crippen molar-refractivity contribution in [3.63, 3.8) is 0 Å². The number of pyridine rings is 1. The molecule has 2 aromatic carbocycles. The van der Waals surface area contributed by atoms with Gasteiger partial charge < -0.3 is 5.32 Å². The van der Waals surface area contributed by atoms with Gasteiger partial charge >= 0.3 is 0 Å². The largest absolute Gasteiger partial charge is 0.306 e. The zero-order valence-corrected chi connectivity index (χ0v) is 14.7. The number of hydrogen-bond donors (Lipinski definition) is 1. The first kappa shape index (κ1) is 16.6. The van der Waals surface area contributed by atoms with E-state index in [1.165, 1.54) is 18.2 Å². The Morgan fingerprint density at radius 1 is 1.08 bits per heavy atom. The van der Waals surface area contributed by atoms with Crippen LogP contribution < -0.4 is 5.32 Å². The van der Waals surface area contributed by atoms with Crippen LogP contribution >= 0.6 is 23.3 Å². The van der Waals surface area contributed by atoms with E-state index < -0.39 is 11.7 Å². The standard InChI is InChI=1S/C18H10ClFN4OS/c19-13-8-16-15(23-26-24-16)7-12(13)10-5-6-17(21-9-10)22-18(25)11-3-1-2-4-14(11)20/h1-9H,(H,21,22,25). The summed E-state index contributed by atoms with van der Waals surface area (Å²) in [6.45, 7) is 0. The van der Waals surface area contributed by atoms with Gasteiger partial charge in [0, 0.05) is 17.3 Å². The number of rotatable bonds is 3. The third-order valence-corrected chi connectivity index (χ3v) is 4.65. The molecule has 0 bridgehead atoms. The van der Waals surface area contributed by atoms with Gasteiger partial charge in [-0.2, -0.15) is 8.75 Å². The summed E-state index contributed by atoms with van der Waals surface area (Å²) in [5.41, 5.74) is 3.00. The minimum atomic E-state index is -0.585. The van der Waals surface area contributed by atoms with Crippen LogP contribution in [0.3, 0.4) is 0 Å². The Kier molecular flexibility index (Phi) is 4.32. The first-order valence-corrected chi connectivity index (χ1v) is 8.67. The van der Waals surface area contributed by atoms with Crippen molar-refractivity contribution in [1.82, 2.24) is 13.7 Å². The van der Waals surface area contributed by atoms with Crippen molar-refractivity contribution < 1.29 is 9.18 Å². The van der Waals surface area contributed by atoms with Crippen molar-refractivity contribution in [1.29, 1.82) is 0 Å². The first-order chi connectivity index (χ1) is 12.6. The summed E-state index contributed by atoms with van der Waals surface area (Å²) in [6.07, 6.45) is 1.59. The molecule has 0 saturated carbocycles. The minimum absolute atomic E-state index is 0.0390. The summed E-state index contributed by atoms with van der Waals surface area (Å²) >= 11 is 7.44. The van der Waals surface area contributed by atoms with Gasteiger partial charge in [0.2, 0.25) is 0 Å². The van der Waals surface area contributed by atoms with E-state index in [9.17, 15) is 9.18 Å². The summed E-state index contributed by atoms with van der Waals surface area (Å²) in [7, 11) is 0. The third kappa shape index (κ3) is 3.14. The monoisotopic (exact) mass is 384 g/mol. The molecule has 0 saturated heterocycles. The molecule has 0 aliphatic heterocycles. The topological polar surface area (TPSA) is 67.8 Å². The molecule has 0 fully saturated rings. The Hall–Kier alpha value is -2.90. The summed E-state index contributed by atoms with van der Waals surface area (Å²) in [4.78, 5) is 16.3. The molecular formula is C18H10ClFN4OS. The van der Waals surface area contributed by atoms with Gasteiger partial charge in [-0.3, -0.25) is 4.79 Å². The third-order valence-electron chi connectivity index (χ3n) is 3.78. The van der Waals surface area contributed by atoms with Crippen LogP contribution in [0.4, 0.5) is 10.2 Å². The molecule has 5 nitrogen and oxygen atoms in total. The number of hydrogen-bond acceptors (Lipinski definition) is 5. The Bertz CT molecular complexity index is 1110. The highest BCUT2D eigenvalue weighted by molar-refractivity contribution is 7.00. The normalized spacial score (nSPS) is 10.8. The van der Waals surface area contributed by atoms with Crippen LogP contribution in [0.25, 0.3) is 22.2 Å². The highest BCUT2D eigenvalue weighted by atomic mass is 35.5. The Balaban J connectivity index is 1.59. The molecule has 0 radical (unpaired) electrons. The number of anilines is 1. The van der Waals surface area contributed by atoms with Gasteiger partial charge in [-0.05, 0) is 36.4 Å². The summed E-state index contributed by atoms with van der Waals surface area (Å²) in [6, 6.07) is 12.8. The zero-order valence-electron chi connectivity index (χ0n) is 13.1. The van der Waals surface area contributed by atoms with Crippen molar-refractivity contribution in [2.24, 2.45) is 0 Å². The number of amides is 1. The molecule has 1 amide bonds. The molecular weight excluding hydrogens is 375 g/mol. The summed E-state index contributed by atoms with van der Waals surface area (Å²) in [5.74, 6) is -0.829. The molecule has 2 aromatic heterocycles. The zero-order chi connectivity index (χ0) is 18.1. The number of aromatic nitrogens is 3. The lowest BCUT2D eigenvalue weighted by Gasteiger charge is -2.07. The van der Waals surface area contributed by atoms with Gasteiger partial charge in [0.25, 0.3) is 5.91 Å². The van der Waals surface area contributed by atoms with Gasteiger partial charge in [-0.25, -0.2) is 9.37 Å². The molecule has 0 atom stereocenters. The quantitative estimate of drug-likeness (QED) is 0.551. The van der Waals surface area contributed by atoms with E-state index in [0.717, 1.165) is 33.9 Å². The van der Waals surface area contributed by atoms with Crippen LogP contribution in [0, 0.1) is 5.82 Å². The number of nitrogens with one attached hydrogen (secondary N) is 1. The van der Waals surface area contributed by atoms with E-state index in [-0.39, 0.29) is 5.56 Å². The number of carbonyl (C=O) groups excluding carboxylic acids is 1. The van der Waals surface area contributed by atoms with Crippen LogP contribution in [-0.4, -0.2) is 19.6 Å².